The number of thiophene rings is 1. The van der Waals surface area contributed by atoms with Crippen molar-refractivity contribution in [1.29, 1.82) is 0 Å². The van der Waals surface area contributed by atoms with Gasteiger partial charge in [-0.2, -0.15) is 0 Å². The van der Waals surface area contributed by atoms with Gasteiger partial charge in [0.2, 0.25) is 0 Å². The van der Waals surface area contributed by atoms with Crippen molar-refractivity contribution in [3.8, 4) is 11.1 Å². The van der Waals surface area contributed by atoms with Crippen LogP contribution in [0.25, 0.3) is 11.1 Å². The molecule has 0 radical (unpaired) electrons. The summed E-state index contributed by atoms with van der Waals surface area (Å²) in [5, 5.41) is 5.18. The maximum Gasteiger partial charge on any atom is 0.341 e. The number of hydrogen-bond acceptors (Lipinski definition) is 4. The van der Waals surface area contributed by atoms with E-state index >= 15 is 0 Å². The van der Waals surface area contributed by atoms with Crippen LogP contribution < -0.4 is 5.32 Å². The molecule has 0 aliphatic carbocycles. The average molecular weight is 430 g/mol. The first-order valence-electron chi connectivity index (χ1n) is 8.01. The minimum Gasteiger partial charge on any atom is -0.462 e. The molecule has 1 N–H and O–H groups in total. The summed E-state index contributed by atoms with van der Waals surface area (Å²) in [4.78, 5) is 25.2. The summed E-state index contributed by atoms with van der Waals surface area (Å²) in [6.45, 7) is 2.02. The first-order chi connectivity index (χ1) is 12.6. The molecule has 4 nitrogen and oxygen atoms in total. The normalized spacial score (nSPS) is 10.4. The van der Waals surface area contributed by atoms with Crippen LogP contribution in [0.1, 0.15) is 27.6 Å². The van der Waals surface area contributed by atoms with Gasteiger partial charge in [0.15, 0.2) is 0 Å². The Balaban J connectivity index is 1.99. The van der Waals surface area contributed by atoms with Gasteiger partial charge in [-0.05, 0) is 40.5 Å². The Morgan fingerprint density at radius 3 is 2.46 bits per heavy atom. The zero-order valence-corrected chi connectivity index (χ0v) is 16.4. The smallest absolute Gasteiger partial charge is 0.341 e. The molecule has 0 aliphatic rings. The third-order valence-corrected chi connectivity index (χ3v) is 5.29. The molecule has 3 aromatic rings. The molecule has 0 fully saturated rings. The number of halogens is 1. The molecular weight excluding hydrogens is 414 g/mol. The van der Waals surface area contributed by atoms with Crippen LogP contribution in [0.2, 0.25) is 0 Å². The van der Waals surface area contributed by atoms with Gasteiger partial charge in [0.25, 0.3) is 5.91 Å². The molecule has 0 saturated heterocycles. The molecule has 0 atom stereocenters. The molecular formula is C20H16BrNO3S. The van der Waals surface area contributed by atoms with Crippen LogP contribution in [0, 0.1) is 0 Å². The predicted octanol–water partition coefficient (Wildman–Crippen LogP) is 5.61. The molecule has 1 heterocycles. The maximum atomic E-state index is 12.6. The van der Waals surface area contributed by atoms with E-state index in [4.69, 9.17) is 4.74 Å². The number of esters is 1. The average Bonchev–Trinajstić information content (AvgIpc) is 3.06. The number of carbonyl (C=O) groups is 2. The van der Waals surface area contributed by atoms with Crippen LogP contribution >= 0.6 is 27.3 Å². The highest BCUT2D eigenvalue weighted by Gasteiger charge is 2.23. The van der Waals surface area contributed by atoms with Crippen molar-refractivity contribution < 1.29 is 14.3 Å². The zero-order chi connectivity index (χ0) is 18.5. The second-order valence-corrected chi connectivity index (χ2v) is 7.11. The van der Waals surface area contributed by atoms with Gasteiger partial charge in [0, 0.05) is 15.4 Å². The Hall–Kier alpha value is -2.44. The first kappa shape index (κ1) is 18.4. The molecule has 1 aromatic heterocycles. The predicted molar refractivity (Wildman–Crippen MR) is 108 cm³/mol. The number of ether oxygens (including phenoxy) is 1. The number of amides is 1. The molecule has 6 heteroatoms. The van der Waals surface area contributed by atoms with Crippen LogP contribution in [-0.4, -0.2) is 18.5 Å². The Morgan fingerprint density at radius 1 is 1.08 bits per heavy atom. The van der Waals surface area contributed by atoms with Gasteiger partial charge in [0.1, 0.15) is 10.6 Å². The lowest BCUT2D eigenvalue weighted by atomic mass is 10.0. The van der Waals surface area contributed by atoms with E-state index in [0.29, 0.717) is 20.6 Å². The van der Waals surface area contributed by atoms with Crippen LogP contribution in [0.3, 0.4) is 0 Å². The van der Waals surface area contributed by atoms with Gasteiger partial charge in [-0.25, -0.2) is 4.79 Å². The van der Waals surface area contributed by atoms with Crippen molar-refractivity contribution in [1.82, 2.24) is 0 Å². The monoisotopic (exact) mass is 429 g/mol. The van der Waals surface area contributed by atoms with Crippen LogP contribution in [0.15, 0.2) is 64.5 Å². The van der Waals surface area contributed by atoms with Gasteiger partial charge < -0.3 is 10.1 Å². The minimum atomic E-state index is -0.449. The van der Waals surface area contributed by atoms with Crippen molar-refractivity contribution in [2.24, 2.45) is 0 Å². The van der Waals surface area contributed by atoms with E-state index in [0.717, 1.165) is 11.1 Å². The fourth-order valence-electron chi connectivity index (χ4n) is 2.50. The molecule has 0 unspecified atom stereocenters. The summed E-state index contributed by atoms with van der Waals surface area (Å²) in [6.07, 6.45) is 0. The molecule has 3 rings (SSSR count). The van der Waals surface area contributed by atoms with E-state index in [1.165, 1.54) is 11.3 Å². The van der Waals surface area contributed by atoms with E-state index < -0.39 is 5.97 Å². The summed E-state index contributed by atoms with van der Waals surface area (Å²) in [5.74, 6) is -0.737. The number of rotatable bonds is 5. The van der Waals surface area contributed by atoms with Crippen LogP contribution in [0.5, 0.6) is 0 Å². The lowest BCUT2D eigenvalue weighted by Gasteiger charge is -2.09. The third-order valence-electron chi connectivity index (χ3n) is 3.70. The van der Waals surface area contributed by atoms with E-state index in [-0.39, 0.29) is 12.5 Å². The number of nitrogens with one attached hydrogen (secondary N) is 1. The van der Waals surface area contributed by atoms with Crippen molar-refractivity contribution >= 4 is 44.1 Å². The third kappa shape index (κ3) is 3.86. The summed E-state index contributed by atoms with van der Waals surface area (Å²) >= 11 is 4.68. The van der Waals surface area contributed by atoms with E-state index in [2.05, 4.69) is 21.2 Å². The zero-order valence-electron chi connectivity index (χ0n) is 14.0. The van der Waals surface area contributed by atoms with Gasteiger partial charge in [0.05, 0.1) is 12.2 Å². The van der Waals surface area contributed by atoms with Crippen LogP contribution in [0.4, 0.5) is 5.00 Å². The van der Waals surface area contributed by atoms with Crippen LogP contribution in [-0.2, 0) is 4.74 Å². The first-order valence-corrected chi connectivity index (χ1v) is 9.69. The quantitative estimate of drug-likeness (QED) is 0.536. The fraction of sp³-hybridized carbons (Fsp3) is 0.100. The van der Waals surface area contributed by atoms with Gasteiger partial charge in [-0.3, -0.25) is 4.79 Å². The Labute approximate surface area is 163 Å². The minimum absolute atomic E-state index is 0.264. The molecule has 1 amide bonds. The molecule has 0 aliphatic heterocycles. The summed E-state index contributed by atoms with van der Waals surface area (Å²) in [5.41, 5.74) is 2.52. The Bertz CT molecular complexity index is 937. The second kappa shape index (κ2) is 8.29. The highest BCUT2D eigenvalue weighted by atomic mass is 79.9. The lowest BCUT2D eigenvalue weighted by molar-refractivity contribution is 0.0529. The highest BCUT2D eigenvalue weighted by molar-refractivity contribution is 9.10. The molecule has 26 heavy (non-hydrogen) atoms. The molecule has 0 bridgehead atoms. The number of anilines is 1. The summed E-state index contributed by atoms with van der Waals surface area (Å²) in [6, 6.07) is 16.7. The molecule has 132 valence electrons. The van der Waals surface area contributed by atoms with Crippen molar-refractivity contribution in [2.45, 2.75) is 6.92 Å². The van der Waals surface area contributed by atoms with Crippen molar-refractivity contribution in [3.63, 3.8) is 0 Å². The molecule has 0 spiro atoms. The van der Waals surface area contributed by atoms with Crippen molar-refractivity contribution in [3.05, 3.63) is 75.6 Å². The van der Waals surface area contributed by atoms with Gasteiger partial charge >= 0.3 is 5.97 Å². The van der Waals surface area contributed by atoms with Crippen molar-refractivity contribution in [2.75, 3.05) is 11.9 Å². The Morgan fingerprint density at radius 2 is 1.77 bits per heavy atom. The largest absolute Gasteiger partial charge is 0.462 e. The van der Waals surface area contributed by atoms with Gasteiger partial charge in [-0.1, -0.05) is 42.5 Å². The topological polar surface area (TPSA) is 55.4 Å². The lowest BCUT2D eigenvalue weighted by Crippen LogP contribution is -2.15. The maximum absolute atomic E-state index is 12.6. The second-order valence-electron chi connectivity index (χ2n) is 5.37. The molecule has 0 saturated carbocycles. The fourth-order valence-corrected chi connectivity index (χ4v) is 3.92. The summed E-state index contributed by atoms with van der Waals surface area (Å²) < 4.78 is 5.90. The van der Waals surface area contributed by atoms with E-state index in [9.17, 15) is 9.59 Å². The SMILES string of the molecule is CCOC(=O)c1c(-c2ccccc2)csc1NC(=O)c1ccccc1Br. The van der Waals surface area contributed by atoms with Gasteiger partial charge in [-0.15, -0.1) is 11.3 Å². The number of hydrogen-bond donors (Lipinski definition) is 1. The number of carbonyl (C=O) groups excluding carboxylic acids is 2. The molecule has 2 aromatic carbocycles. The Kier molecular flexibility index (Phi) is 5.85. The highest BCUT2D eigenvalue weighted by Crippen LogP contribution is 2.36. The number of benzene rings is 2. The van der Waals surface area contributed by atoms with E-state index in [1.807, 2.05) is 41.8 Å². The summed E-state index contributed by atoms with van der Waals surface area (Å²) in [7, 11) is 0. The van der Waals surface area contributed by atoms with E-state index in [1.54, 1.807) is 25.1 Å². The standard InChI is InChI=1S/C20H16BrNO3S/c1-2-25-20(24)17-15(13-8-4-3-5-9-13)12-26-19(17)22-18(23)14-10-6-7-11-16(14)21/h3-12H,2H2,1H3,(H,22,23).